The van der Waals surface area contributed by atoms with Gasteiger partial charge in [0, 0.05) is 44.3 Å². The van der Waals surface area contributed by atoms with Gasteiger partial charge in [-0.15, -0.1) is 0 Å². The Morgan fingerprint density at radius 1 is 1.28 bits per heavy atom. The van der Waals surface area contributed by atoms with Crippen molar-refractivity contribution in [3.63, 3.8) is 0 Å². The molecule has 1 unspecified atom stereocenters. The Labute approximate surface area is 110 Å². The van der Waals surface area contributed by atoms with Gasteiger partial charge in [-0.2, -0.15) is 0 Å². The number of alkyl halides is 1. The zero-order valence-electron chi connectivity index (χ0n) is 11.5. The molecule has 0 aliphatic carbocycles. The number of hydrogen-bond donors (Lipinski definition) is 1. The van der Waals surface area contributed by atoms with Crippen LogP contribution >= 0.6 is 0 Å². The topological polar surface area (TPSA) is 18.5 Å². The first-order valence-corrected chi connectivity index (χ1v) is 7.17. The molecule has 2 aliphatic heterocycles. The van der Waals surface area contributed by atoms with Gasteiger partial charge in [-0.25, -0.2) is 4.39 Å². The maximum absolute atomic E-state index is 13.0. The highest BCUT2D eigenvalue weighted by molar-refractivity contribution is 5.03. The third-order valence-electron chi connectivity index (χ3n) is 4.09. The Kier molecular flexibility index (Phi) is 5.01. The number of piperazine rings is 1. The van der Waals surface area contributed by atoms with Gasteiger partial charge >= 0.3 is 0 Å². The molecule has 1 N–H and O–H groups in total. The summed E-state index contributed by atoms with van der Waals surface area (Å²) in [5, 5.41) is 3.37. The third-order valence-corrected chi connectivity index (χ3v) is 4.09. The molecule has 2 rings (SSSR count). The van der Waals surface area contributed by atoms with Crippen LogP contribution in [0.25, 0.3) is 0 Å². The predicted molar refractivity (Wildman–Crippen MR) is 73.3 cm³/mol. The largest absolute Gasteiger partial charge is 0.373 e. The molecule has 1 atom stereocenters. The Bertz CT molecular complexity index is 266. The van der Waals surface area contributed by atoms with Crippen LogP contribution in [-0.4, -0.2) is 61.8 Å². The van der Waals surface area contributed by atoms with E-state index in [9.17, 15) is 4.39 Å². The van der Waals surface area contributed by atoms with Gasteiger partial charge in [-0.3, -0.25) is 0 Å². The molecule has 2 fully saturated rings. The summed E-state index contributed by atoms with van der Waals surface area (Å²) in [5.74, 6) is 0.606. The van der Waals surface area contributed by atoms with Crippen molar-refractivity contribution in [2.24, 2.45) is 5.92 Å². The van der Waals surface area contributed by atoms with E-state index < -0.39 is 6.17 Å². The van der Waals surface area contributed by atoms with Crippen molar-refractivity contribution in [2.45, 2.75) is 25.9 Å². The zero-order valence-corrected chi connectivity index (χ0v) is 11.5. The lowest BCUT2D eigenvalue weighted by Crippen LogP contribution is -2.45. The molecular weight excluding hydrogens is 229 g/mol. The smallest absolute Gasteiger partial charge is 0.110 e. The lowest BCUT2D eigenvalue weighted by atomic mass is 9.93. The van der Waals surface area contributed by atoms with E-state index in [-0.39, 0.29) is 0 Å². The highest BCUT2D eigenvalue weighted by atomic mass is 19.1. The molecule has 3 nitrogen and oxygen atoms in total. The molecule has 2 saturated heterocycles. The molecule has 18 heavy (non-hydrogen) atoms. The van der Waals surface area contributed by atoms with Crippen molar-refractivity contribution in [1.82, 2.24) is 15.1 Å². The predicted octanol–water partition coefficient (Wildman–Crippen LogP) is 1.48. The number of hydrogen-bond acceptors (Lipinski definition) is 3. The van der Waals surface area contributed by atoms with Gasteiger partial charge in [0.05, 0.1) is 0 Å². The molecule has 0 aromatic rings. The van der Waals surface area contributed by atoms with Crippen molar-refractivity contribution >= 4 is 0 Å². The van der Waals surface area contributed by atoms with Crippen molar-refractivity contribution in [3.8, 4) is 0 Å². The van der Waals surface area contributed by atoms with Crippen LogP contribution in [0.2, 0.25) is 0 Å². The van der Waals surface area contributed by atoms with Crippen LogP contribution in [0.5, 0.6) is 0 Å². The minimum absolute atomic E-state index is 0.590. The molecule has 0 aromatic carbocycles. The lowest BCUT2D eigenvalue weighted by Gasteiger charge is -2.39. The summed E-state index contributed by atoms with van der Waals surface area (Å²) in [7, 11) is 0. The fourth-order valence-electron chi connectivity index (χ4n) is 3.01. The highest BCUT2D eigenvalue weighted by Crippen LogP contribution is 2.26. The fraction of sp³-hybridized carbons (Fsp3) is 0.857. The Morgan fingerprint density at radius 3 is 2.44 bits per heavy atom. The van der Waals surface area contributed by atoms with E-state index >= 15 is 0 Å². The standard InChI is InChI=1S/C14H26FN3/c1-12(15)11-17-7-3-14(4-8-17)13(2)18-9-5-16-6-10-18/h12,14,16H,2-11H2,1H3. The first-order valence-electron chi connectivity index (χ1n) is 7.17. The molecule has 104 valence electrons. The average Bonchev–Trinajstić information content (AvgIpc) is 2.39. The third kappa shape index (κ3) is 3.69. The van der Waals surface area contributed by atoms with E-state index in [4.69, 9.17) is 0 Å². The van der Waals surface area contributed by atoms with E-state index in [0.717, 1.165) is 52.1 Å². The van der Waals surface area contributed by atoms with Crippen molar-refractivity contribution in [2.75, 3.05) is 45.8 Å². The van der Waals surface area contributed by atoms with Crippen LogP contribution in [0, 0.1) is 5.92 Å². The number of allylic oxidation sites excluding steroid dienone is 1. The van der Waals surface area contributed by atoms with Gasteiger partial charge in [0.1, 0.15) is 6.17 Å². The van der Waals surface area contributed by atoms with E-state index in [0.29, 0.717) is 12.5 Å². The van der Waals surface area contributed by atoms with Crippen LogP contribution < -0.4 is 5.32 Å². The summed E-state index contributed by atoms with van der Waals surface area (Å²) < 4.78 is 13.0. The first kappa shape index (κ1) is 13.8. The van der Waals surface area contributed by atoms with Gasteiger partial charge in [0.15, 0.2) is 0 Å². The second-order valence-corrected chi connectivity index (χ2v) is 5.58. The summed E-state index contributed by atoms with van der Waals surface area (Å²) in [5.41, 5.74) is 1.31. The molecule has 2 aliphatic rings. The number of nitrogens with zero attached hydrogens (tertiary/aromatic N) is 2. The number of halogens is 1. The normalized spacial score (nSPS) is 25.1. The summed E-state index contributed by atoms with van der Waals surface area (Å²) in [4.78, 5) is 4.67. The van der Waals surface area contributed by atoms with Crippen molar-refractivity contribution in [3.05, 3.63) is 12.3 Å². The van der Waals surface area contributed by atoms with Crippen LogP contribution in [0.15, 0.2) is 12.3 Å². The molecule has 0 spiro atoms. The summed E-state index contributed by atoms with van der Waals surface area (Å²) in [6, 6.07) is 0. The van der Waals surface area contributed by atoms with E-state index in [1.54, 1.807) is 6.92 Å². The monoisotopic (exact) mass is 255 g/mol. The number of nitrogens with one attached hydrogen (secondary N) is 1. The van der Waals surface area contributed by atoms with E-state index in [1.807, 2.05) is 0 Å². The number of likely N-dealkylation sites (tertiary alicyclic amines) is 1. The van der Waals surface area contributed by atoms with Gasteiger partial charge in [-0.05, 0) is 32.9 Å². The summed E-state index contributed by atoms with van der Waals surface area (Å²) >= 11 is 0. The quantitative estimate of drug-likeness (QED) is 0.821. The van der Waals surface area contributed by atoms with Crippen molar-refractivity contribution in [1.29, 1.82) is 0 Å². The average molecular weight is 255 g/mol. The molecule has 0 aromatic heterocycles. The Hall–Kier alpha value is -0.610. The molecule has 4 heteroatoms. The highest BCUT2D eigenvalue weighted by Gasteiger charge is 2.25. The second kappa shape index (κ2) is 6.53. The molecule has 0 radical (unpaired) electrons. The number of rotatable bonds is 4. The number of piperidine rings is 1. The van der Waals surface area contributed by atoms with Gasteiger partial charge in [0.25, 0.3) is 0 Å². The van der Waals surface area contributed by atoms with E-state index in [1.165, 1.54) is 5.70 Å². The van der Waals surface area contributed by atoms with Gasteiger partial charge in [0.2, 0.25) is 0 Å². The maximum Gasteiger partial charge on any atom is 0.110 e. The minimum Gasteiger partial charge on any atom is -0.373 e. The zero-order chi connectivity index (χ0) is 13.0. The lowest BCUT2D eigenvalue weighted by molar-refractivity contribution is 0.142. The molecular formula is C14H26FN3. The summed E-state index contributed by atoms with van der Waals surface area (Å²) in [6.45, 7) is 12.9. The van der Waals surface area contributed by atoms with Gasteiger partial charge in [-0.1, -0.05) is 6.58 Å². The first-order chi connectivity index (χ1) is 8.66. The molecule has 0 amide bonds. The van der Waals surface area contributed by atoms with Crippen molar-refractivity contribution < 1.29 is 4.39 Å². The molecule has 0 bridgehead atoms. The van der Waals surface area contributed by atoms with Crippen LogP contribution in [-0.2, 0) is 0 Å². The van der Waals surface area contributed by atoms with Crippen LogP contribution in [0.1, 0.15) is 19.8 Å². The second-order valence-electron chi connectivity index (χ2n) is 5.58. The Morgan fingerprint density at radius 2 is 1.89 bits per heavy atom. The fourth-order valence-corrected chi connectivity index (χ4v) is 3.01. The van der Waals surface area contributed by atoms with Crippen LogP contribution in [0.4, 0.5) is 4.39 Å². The maximum atomic E-state index is 13.0. The minimum atomic E-state index is -0.710. The molecule has 2 heterocycles. The molecule has 0 saturated carbocycles. The van der Waals surface area contributed by atoms with E-state index in [2.05, 4.69) is 21.7 Å². The SMILES string of the molecule is C=C(C1CCN(CC(C)F)CC1)N1CCNCC1. The van der Waals surface area contributed by atoms with Gasteiger partial charge < -0.3 is 15.1 Å². The Balaban J connectivity index is 1.76. The van der Waals surface area contributed by atoms with Crippen LogP contribution in [0.3, 0.4) is 0 Å². The summed E-state index contributed by atoms with van der Waals surface area (Å²) in [6.07, 6.45) is 1.56.